The van der Waals surface area contributed by atoms with Crippen molar-refractivity contribution in [2.24, 2.45) is 11.5 Å². The standard InChI is InChI=1S/C11H23N3O3/c1-11(2,3)17-10(16)14-7-5-4-6-8(12)9(13)15/h8H,4-7,12H2,1-3H3,(H2,13,15)(H,14,16)/t8-/m0/s1/i7D2,8D. The van der Waals surface area contributed by atoms with E-state index in [9.17, 15) is 9.59 Å². The first kappa shape index (κ1) is 10.8. The highest BCUT2D eigenvalue weighted by atomic mass is 16.6. The molecule has 17 heavy (non-hydrogen) atoms. The van der Waals surface area contributed by atoms with Gasteiger partial charge in [-0.05, 0) is 40.0 Å². The maximum absolute atomic E-state index is 11.4. The molecule has 100 valence electrons. The topological polar surface area (TPSA) is 107 Å². The van der Waals surface area contributed by atoms with Gasteiger partial charge < -0.3 is 21.5 Å². The number of rotatable bonds is 6. The second-order valence-electron chi connectivity index (χ2n) is 4.55. The summed E-state index contributed by atoms with van der Waals surface area (Å²) in [5, 5.41) is 2.08. The van der Waals surface area contributed by atoms with E-state index in [1.165, 1.54) is 0 Å². The van der Waals surface area contributed by atoms with E-state index in [1.54, 1.807) is 20.8 Å². The Bertz CT molecular complexity index is 368. The number of hydrogen-bond acceptors (Lipinski definition) is 4. The van der Waals surface area contributed by atoms with Crippen molar-refractivity contribution in [2.45, 2.75) is 51.7 Å². The highest BCUT2D eigenvalue weighted by Gasteiger charge is 2.15. The van der Waals surface area contributed by atoms with Crippen molar-refractivity contribution < 1.29 is 18.4 Å². The molecule has 1 atom stereocenters. The SMILES string of the molecule is [2H]C([2H])(CCC[C@]([2H])(N)C(N)=O)NC(=O)OC(C)(C)C. The summed E-state index contributed by atoms with van der Waals surface area (Å²) >= 11 is 0. The van der Waals surface area contributed by atoms with Crippen LogP contribution < -0.4 is 16.8 Å². The Kier molecular flexibility index (Phi) is 4.53. The largest absolute Gasteiger partial charge is 0.444 e. The zero-order chi connectivity index (χ0) is 16.2. The summed E-state index contributed by atoms with van der Waals surface area (Å²) < 4.78 is 27.6. The molecule has 0 aliphatic carbocycles. The van der Waals surface area contributed by atoms with Crippen LogP contribution in [0.5, 0.6) is 0 Å². The zero-order valence-corrected chi connectivity index (χ0v) is 10.5. The third kappa shape index (κ3) is 9.62. The Labute approximate surface area is 106 Å². The van der Waals surface area contributed by atoms with Gasteiger partial charge in [0.25, 0.3) is 0 Å². The Balaban J connectivity index is 4.27. The number of carbonyl (C=O) groups is 2. The van der Waals surface area contributed by atoms with Crippen molar-refractivity contribution in [3.8, 4) is 0 Å². The Morgan fingerprint density at radius 3 is 2.53 bits per heavy atom. The van der Waals surface area contributed by atoms with Gasteiger partial charge in [0.15, 0.2) is 0 Å². The van der Waals surface area contributed by atoms with Crippen molar-refractivity contribution in [3.63, 3.8) is 0 Å². The number of ether oxygens (including phenoxy) is 1. The van der Waals surface area contributed by atoms with Crippen molar-refractivity contribution >= 4 is 12.0 Å². The van der Waals surface area contributed by atoms with Gasteiger partial charge >= 0.3 is 6.09 Å². The van der Waals surface area contributed by atoms with Crippen LogP contribution in [-0.4, -0.2) is 30.1 Å². The predicted molar refractivity (Wildman–Crippen MR) is 65.3 cm³/mol. The van der Waals surface area contributed by atoms with Gasteiger partial charge in [-0.25, -0.2) is 4.79 Å². The molecule has 2 amide bonds. The lowest BCUT2D eigenvalue weighted by atomic mass is 10.1. The van der Waals surface area contributed by atoms with Crippen LogP contribution in [0.25, 0.3) is 0 Å². The fourth-order valence-electron chi connectivity index (χ4n) is 0.929. The van der Waals surface area contributed by atoms with E-state index in [0.717, 1.165) is 0 Å². The lowest BCUT2D eigenvalue weighted by Gasteiger charge is -2.19. The van der Waals surface area contributed by atoms with Gasteiger partial charge in [-0.2, -0.15) is 0 Å². The van der Waals surface area contributed by atoms with E-state index in [2.05, 4.69) is 5.32 Å². The highest BCUT2D eigenvalue weighted by molar-refractivity contribution is 5.79. The van der Waals surface area contributed by atoms with Gasteiger partial charge in [-0.3, -0.25) is 4.79 Å². The summed E-state index contributed by atoms with van der Waals surface area (Å²) in [6.45, 7) is 2.98. The summed E-state index contributed by atoms with van der Waals surface area (Å²) in [5.41, 5.74) is 9.54. The molecule has 0 aromatic heterocycles. The van der Waals surface area contributed by atoms with Gasteiger partial charge in [0.1, 0.15) is 5.60 Å². The minimum absolute atomic E-state index is 0.0994. The molecule has 0 aliphatic heterocycles. The molecule has 5 N–H and O–H groups in total. The van der Waals surface area contributed by atoms with Gasteiger partial charge in [-0.1, -0.05) is 0 Å². The van der Waals surface area contributed by atoms with Crippen molar-refractivity contribution in [2.75, 3.05) is 6.50 Å². The molecule has 0 fully saturated rings. The summed E-state index contributed by atoms with van der Waals surface area (Å²) in [6.07, 6.45) is -0.969. The highest BCUT2D eigenvalue weighted by Crippen LogP contribution is 2.06. The Morgan fingerprint density at radius 2 is 2.06 bits per heavy atom. The molecule has 0 aromatic rings. The average molecular weight is 248 g/mol. The summed E-state index contributed by atoms with van der Waals surface area (Å²) in [6, 6.07) is -1.93. The molecule has 0 rings (SSSR count). The van der Waals surface area contributed by atoms with Crippen LogP contribution in [0, 0.1) is 0 Å². The fourth-order valence-corrected chi connectivity index (χ4v) is 0.929. The molecule has 0 aliphatic rings. The molecule has 0 bridgehead atoms. The van der Waals surface area contributed by atoms with Crippen molar-refractivity contribution in [1.29, 1.82) is 0 Å². The number of carbonyl (C=O) groups excluding carboxylic acids is 2. The van der Waals surface area contributed by atoms with Crippen LogP contribution in [0.15, 0.2) is 0 Å². The molecule has 0 saturated heterocycles. The first-order valence-electron chi connectivity index (χ1n) is 6.85. The maximum Gasteiger partial charge on any atom is 0.407 e. The number of nitrogens with one attached hydrogen (secondary N) is 1. The first-order chi connectivity index (χ1) is 8.75. The van der Waals surface area contributed by atoms with E-state index in [4.69, 9.17) is 20.3 Å². The minimum Gasteiger partial charge on any atom is -0.444 e. The molecule has 0 aromatic carbocycles. The molecule has 6 heteroatoms. The van der Waals surface area contributed by atoms with Crippen LogP contribution in [-0.2, 0) is 9.53 Å². The summed E-state index contributed by atoms with van der Waals surface area (Å²) in [5.74, 6) is -0.974. The van der Waals surface area contributed by atoms with Crippen LogP contribution >= 0.6 is 0 Å². The van der Waals surface area contributed by atoms with Crippen molar-refractivity contribution in [3.05, 3.63) is 0 Å². The molecule has 0 saturated carbocycles. The number of hydrogen-bond donors (Lipinski definition) is 3. The summed E-state index contributed by atoms with van der Waals surface area (Å²) in [7, 11) is 0. The minimum atomic E-state index is -2.02. The first-order valence-corrected chi connectivity index (χ1v) is 5.35. The molecule has 0 unspecified atom stereocenters. The average Bonchev–Trinajstić information content (AvgIpc) is 2.11. The molecule has 0 heterocycles. The maximum atomic E-state index is 11.4. The Morgan fingerprint density at radius 1 is 1.47 bits per heavy atom. The molecule has 6 nitrogen and oxygen atoms in total. The van der Waals surface area contributed by atoms with E-state index < -0.39 is 30.1 Å². The smallest absolute Gasteiger partial charge is 0.407 e. The van der Waals surface area contributed by atoms with Gasteiger partial charge in [0.2, 0.25) is 5.91 Å². The number of primary amides is 1. The van der Waals surface area contributed by atoms with E-state index >= 15 is 0 Å². The molecule has 0 spiro atoms. The summed E-state index contributed by atoms with van der Waals surface area (Å²) in [4.78, 5) is 22.3. The molecular weight excluding hydrogens is 222 g/mol. The fraction of sp³-hybridized carbons (Fsp3) is 0.818. The third-order valence-corrected chi connectivity index (χ3v) is 1.65. The van der Waals surface area contributed by atoms with E-state index in [0.29, 0.717) is 0 Å². The van der Waals surface area contributed by atoms with E-state index in [-0.39, 0.29) is 19.3 Å². The zero-order valence-electron chi connectivity index (χ0n) is 13.5. The van der Waals surface area contributed by atoms with Gasteiger partial charge in [0, 0.05) is 9.24 Å². The number of alkyl carbamates (subject to hydrolysis) is 1. The van der Waals surface area contributed by atoms with Crippen LogP contribution in [0.1, 0.15) is 44.1 Å². The molecule has 0 radical (unpaired) electrons. The Hall–Kier alpha value is -1.30. The normalized spacial score (nSPS) is 18.2. The monoisotopic (exact) mass is 248 g/mol. The quantitative estimate of drug-likeness (QED) is 0.636. The lowest BCUT2D eigenvalue weighted by molar-refractivity contribution is -0.119. The second-order valence-corrected chi connectivity index (χ2v) is 4.55. The van der Waals surface area contributed by atoms with Crippen LogP contribution in [0.2, 0.25) is 0 Å². The van der Waals surface area contributed by atoms with Gasteiger partial charge in [0.05, 0.1) is 7.39 Å². The van der Waals surface area contributed by atoms with Gasteiger partial charge in [-0.15, -0.1) is 0 Å². The van der Waals surface area contributed by atoms with Crippen LogP contribution in [0.3, 0.4) is 0 Å². The van der Waals surface area contributed by atoms with Crippen LogP contribution in [0.4, 0.5) is 4.79 Å². The second kappa shape index (κ2) is 7.11. The predicted octanol–water partition coefficient (Wildman–Crippen LogP) is 0.494. The van der Waals surface area contributed by atoms with E-state index in [1.807, 2.05) is 0 Å². The third-order valence-electron chi connectivity index (χ3n) is 1.65. The number of nitrogens with two attached hydrogens (primary N) is 2. The van der Waals surface area contributed by atoms with Crippen molar-refractivity contribution in [1.82, 2.24) is 5.32 Å². The molecular formula is C11H23N3O3. The lowest BCUT2D eigenvalue weighted by Crippen LogP contribution is -2.36. The number of amides is 2.